The Bertz CT molecular complexity index is 507. The molecule has 2 rings (SSSR count). The van der Waals surface area contributed by atoms with Crippen molar-refractivity contribution in [3.63, 3.8) is 0 Å². The maximum atomic E-state index is 13.2. The van der Waals surface area contributed by atoms with Gasteiger partial charge in [0.2, 0.25) is 0 Å². The molecule has 1 fully saturated rings. The molecule has 1 saturated heterocycles. The van der Waals surface area contributed by atoms with Gasteiger partial charge in [0.25, 0.3) is 0 Å². The SMILES string of the molecule is O=[C]OC1CCN(c2ccc(C(F)(F)C(F)(F)F)cc2)CC1. The number of rotatable bonds is 4. The van der Waals surface area contributed by atoms with Gasteiger partial charge in [-0.15, -0.1) is 0 Å². The van der Waals surface area contributed by atoms with Gasteiger partial charge in [0.1, 0.15) is 6.10 Å². The van der Waals surface area contributed by atoms with Gasteiger partial charge < -0.3 is 9.64 Å². The van der Waals surface area contributed by atoms with E-state index < -0.39 is 17.7 Å². The molecule has 0 aromatic heterocycles. The fourth-order valence-electron chi connectivity index (χ4n) is 2.35. The fraction of sp³-hybridized carbons (Fsp3) is 0.500. The van der Waals surface area contributed by atoms with Crippen molar-refractivity contribution in [1.82, 2.24) is 0 Å². The Kier molecular flexibility index (Phi) is 4.58. The quantitative estimate of drug-likeness (QED) is 0.796. The summed E-state index contributed by atoms with van der Waals surface area (Å²) >= 11 is 0. The number of hydrogen-bond acceptors (Lipinski definition) is 3. The van der Waals surface area contributed by atoms with Gasteiger partial charge in [-0.2, -0.15) is 22.0 Å². The number of anilines is 1. The highest BCUT2D eigenvalue weighted by atomic mass is 19.4. The molecular formula is C14H13F5NO2. The highest BCUT2D eigenvalue weighted by Gasteiger charge is 2.58. The lowest BCUT2D eigenvalue weighted by atomic mass is 10.0. The van der Waals surface area contributed by atoms with Gasteiger partial charge in [0.15, 0.2) is 0 Å². The Morgan fingerprint density at radius 2 is 1.59 bits per heavy atom. The number of nitrogens with zero attached hydrogens (tertiary/aromatic N) is 1. The van der Waals surface area contributed by atoms with Gasteiger partial charge in [-0.3, -0.25) is 0 Å². The number of carbonyl (C=O) groups excluding carboxylic acids is 1. The van der Waals surface area contributed by atoms with Crippen LogP contribution in [0.3, 0.4) is 0 Å². The minimum Gasteiger partial charge on any atom is -0.454 e. The van der Waals surface area contributed by atoms with Crippen molar-refractivity contribution in [2.24, 2.45) is 0 Å². The van der Waals surface area contributed by atoms with Crippen molar-refractivity contribution in [1.29, 1.82) is 0 Å². The van der Waals surface area contributed by atoms with E-state index in [1.807, 2.05) is 4.90 Å². The second kappa shape index (κ2) is 6.10. The third-order valence-corrected chi connectivity index (χ3v) is 3.61. The third-order valence-electron chi connectivity index (χ3n) is 3.61. The minimum atomic E-state index is -5.62. The van der Waals surface area contributed by atoms with E-state index in [0.717, 1.165) is 12.1 Å². The second-order valence-corrected chi connectivity index (χ2v) is 5.01. The zero-order valence-corrected chi connectivity index (χ0v) is 11.4. The van der Waals surface area contributed by atoms with Gasteiger partial charge in [0, 0.05) is 37.2 Å². The van der Waals surface area contributed by atoms with Crippen LogP contribution < -0.4 is 4.90 Å². The normalized spacial score (nSPS) is 17.4. The van der Waals surface area contributed by atoms with Crippen molar-refractivity contribution < 1.29 is 31.5 Å². The molecule has 22 heavy (non-hydrogen) atoms. The van der Waals surface area contributed by atoms with E-state index in [1.54, 1.807) is 0 Å². The highest BCUT2D eigenvalue weighted by Crippen LogP contribution is 2.44. The number of alkyl halides is 5. The first kappa shape index (κ1) is 16.5. The summed E-state index contributed by atoms with van der Waals surface area (Å²) in [4.78, 5) is 11.9. The van der Waals surface area contributed by atoms with Crippen molar-refractivity contribution in [3.8, 4) is 0 Å². The van der Waals surface area contributed by atoms with Gasteiger partial charge >= 0.3 is 18.6 Å². The van der Waals surface area contributed by atoms with Gasteiger partial charge in [0.05, 0.1) is 0 Å². The van der Waals surface area contributed by atoms with Crippen LogP contribution in [-0.2, 0) is 15.5 Å². The summed E-state index contributed by atoms with van der Waals surface area (Å²) in [5, 5.41) is 0. The monoisotopic (exact) mass is 322 g/mol. The number of piperidine rings is 1. The van der Waals surface area contributed by atoms with Crippen LogP contribution in [0.4, 0.5) is 27.6 Å². The molecule has 1 aromatic carbocycles. The summed E-state index contributed by atoms with van der Waals surface area (Å²) in [5.74, 6) is -4.87. The van der Waals surface area contributed by atoms with E-state index in [1.165, 1.54) is 18.6 Å². The largest absolute Gasteiger partial charge is 0.458 e. The van der Waals surface area contributed by atoms with Crippen molar-refractivity contribution in [3.05, 3.63) is 29.8 Å². The molecule has 0 unspecified atom stereocenters. The molecule has 1 aromatic rings. The summed E-state index contributed by atoms with van der Waals surface area (Å²) in [6.45, 7) is 2.40. The molecule has 1 radical (unpaired) electrons. The zero-order chi connectivity index (χ0) is 16.4. The minimum absolute atomic E-state index is 0.234. The van der Waals surface area contributed by atoms with E-state index in [9.17, 15) is 26.7 Å². The molecule has 0 N–H and O–H groups in total. The molecule has 1 heterocycles. The van der Waals surface area contributed by atoms with Crippen LogP contribution in [0.2, 0.25) is 0 Å². The summed E-state index contributed by atoms with van der Waals surface area (Å²) in [6.07, 6.45) is -4.75. The van der Waals surface area contributed by atoms with E-state index in [2.05, 4.69) is 0 Å². The van der Waals surface area contributed by atoms with Crippen LogP contribution in [0.5, 0.6) is 0 Å². The molecule has 0 bridgehead atoms. The Morgan fingerprint density at radius 1 is 1.05 bits per heavy atom. The number of hydrogen-bond donors (Lipinski definition) is 0. The van der Waals surface area contributed by atoms with Crippen LogP contribution in [-0.4, -0.2) is 31.8 Å². The molecule has 3 nitrogen and oxygen atoms in total. The molecule has 1 aliphatic heterocycles. The predicted molar refractivity (Wildman–Crippen MR) is 68.4 cm³/mol. The van der Waals surface area contributed by atoms with E-state index in [-0.39, 0.29) is 6.10 Å². The Hall–Kier alpha value is -1.86. The second-order valence-electron chi connectivity index (χ2n) is 5.01. The van der Waals surface area contributed by atoms with Crippen molar-refractivity contribution in [2.75, 3.05) is 18.0 Å². The summed E-state index contributed by atoms with van der Waals surface area (Å²) in [7, 11) is 0. The van der Waals surface area contributed by atoms with Crippen molar-refractivity contribution in [2.45, 2.75) is 31.0 Å². The Balaban J connectivity index is 2.06. The lowest BCUT2D eigenvalue weighted by Crippen LogP contribution is -2.37. The molecule has 0 amide bonds. The molecule has 8 heteroatoms. The molecule has 121 valence electrons. The molecule has 0 atom stereocenters. The lowest BCUT2D eigenvalue weighted by Gasteiger charge is -2.32. The first-order chi connectivity index (χ1) is 10.3. The van der Waals surface area contributed by atoms with Crippen LogP contribution in [0.25, 0.3) is 0 Å². The Labute approximate surface area is 123 Å². The third kappa shape index (κ3) is 3.31. The maximum absolute atomic E-state index is 13.2. The lowest BCUT2D eigenvalue weighted by molar-refractivity contribution is -0.289. The summed E-state index contributed by atoms with van der Waals surface area (Å²) in [6, 6.07) is 4.04. The topological polar surface area (TPSA) is 29.5 Å². The maximum Gasteiger partial charge on any atom is 0.458 e. The average Bonchev–Trinajstić information content (AvgIpc) is 2.47. The van der Waals surface area contributed by atoms with Crippen LogP contribution >= 0.6 is 0 Å². The molecule has 0 spiro atoms. The van der Waals surface area contributed by atoms with Crippen molar-refractivity contribution >= 4 is 12.2 Å². The van der Waals surface area contributed by atoms with Crippen LogP contribution in [0.1, 0.15) is 18.4 Å². The van der Waals surface area contributed by atoms with Crippen LogP contribution in [0.15, 0.2) is 24.3 Å². The summed E-state index contributed by atoms with van der Waals surface area (Å²) in [5.41, 5.74) is -0.534. The summed E-state index contributed by atoms with van der Waals surface area (Å²) < 4.78 is 67.9. The van der Waals surface area contributed by atoms with E-state index >= 15 is 0 Å². The molecule has 1 aliphatic rings. The molecule has 0 aliphatic carbocycles. The predicted octanol–water partition coefficient (Wildman–Crippen LogP) is 3.39. The molecule has 0 saturated carbocycles. The van der Waals surface area contributed by atoms with Crippen LogP contribution in [0, 0.1) is 0 Å². The van der Waals surface area contributed by atoms with Gasteiger partial charge in [-0.25, -0.2) is 4.79 Å². The first-order valence-electron chi connectivity index (χ1n) is 6.58. The number of benzene rings is 1. The smallest absolute Gasteiger partial charge is 0.454 e. The van der Waals surface area contributed by atoms with Gasteiger partial charge in [-0.1, -0.05) is 12.1 Å². The molecular weight excluding hydrogens is 309 g/mol. The number of halogens is 5. The first-order valence-corrected chi connectivity index (χ1v) is 6.58. The van der Waals surface area contributed by atoms with Gasteiger partial charge in [-0.05, 0) is 12.1 Å². The highest BCUT2D eigenvalue weighted by molar-refractivity contribution is 5.49. The average molecular weight is 322 g/mol. The number of ether oxygens (including phenoxy) is 1. The standard InChI is InChI=1S/C14H13F5NO2/c15-13(16,14(17,18)19)10-1-3-11(4-2-10)20-7-5-12(6-8-20)22-9-21/h1-4,12H,5-8H2. The Morgan fingerprint density at radius 3 is 2.05 bits per heavy atom. The van der Waals surface area contributed by atoms with E-state index in [4.69, 9.17) is 4.74 Å². The fourth-order valence-corrected chi connectivity index (χ4v) is 2.35. The van der Waals surface area contributed by atoms with E-state index in [0.29, 0.717) is 31.6 Å². The zero-order valence-electron chi connectivity index (χ0n) is 11.4.